The monoisotopic (exact) mass is 1220 g/mol. The standard InChI is InChI=1S/C14H20O3.C14H20O2.C13H23NO2.C12H14O4.C8H10O4.C8H14O2/c1-9(2)12(15)17-14-6-10-3-11(7-14)5-13(16,4-10)8-14;1-9(2)13(15)16-14-6-10-3-11(7-14)5-12(4-10)8-14;1-9(2)11(15)16-10-7-12(3,4)14-13(5,6)8-10;1-5(2)11(13)15-9-6-3-7-8(4-6)12(14)16-10(7)9;1-5(2)7(9)12-6-3-4-11-8(6)10;1-4-5-6-10-8(9)7(2)3/h10-11,16H,1,3-8H2,2H3;10-12H,1,3-8H2,2H3;10,14H,1,7-8H2,2-6H3;6-10H,1,3-4H2,2H3;6H,1,3-4H2,2H3;2,4-6H2,1,3H3. The van der Waals surface area contributed by atoms with Gasteiger partial charge < -0.3 is 48.3 Å². The van der Waals surface area contributed by atoms with E-state index in [1.807, 2.05) is 0 Å². The van der Waals surface area contributed by atoms with Crippen molar-refractivity contribution < 1.29 is 81.4 Å². The molecule has 0 aromatic heterocycles. The van der Waals surface area contributed by atoms with Crippen LogP contribution in [0.25, 0.3) is 0 Å². The average molecular weight is 1220 g/mol. The van der Waals surface area contributed by atoms with Crippen LogP contribution in [0.4, 0.5) is 0 Å². The molecule has 0 aromatic carbocycles. The van der Waals surface area contributed by atoms with E-state index in [0.29, 0.717) is 71.7 Å². The maximum atomic E-state index is 11.7. The van der Waals surface area contributed by atoms with Crippen LogP contribution in [-0.2, 0) is 76.3 Å². The molecule has 3 aliphatic heterocycles. The van der Waals surface area contributed by atoms with E-state index >= 15 is 0 Å². The first-order chi connectivity index (χ1) is 40.4. The van der Waals surface area contributed by atoms with E-state index < -0.39 is 29.2 Å². The van der Waals surface area contributed by atoms with Gasteiger partial charge >= 0.3 is 47.8 Å². The van der Waals surface area contributed by atoms with E-state index in [0.717, 1.165) is 101 Å². The second-order valence-corrected chi connectivity index (χ2v) is 28.9. The maximum absolute atomic E-state index is 11.7. The van der Waals surface area contributed by atoms with Crippen LogP contribution in [0.5, 0.6) is 0 Å². The lowest BCUT2D eigenvalue weighted by molar-refractivity contribution is -0.217. The van der Waals surface area contributed by atoms with Gasteiger partial charge in [-0.2, -0.15) is 0 Å². The molecule has 3 heterocycles. The van der Waals surface area contributed by atoms with Gasteiger partial charge in [0, 0.05) is 82.0 Å². The van der Waals surface area contributed by atoms with E-state index in [1.54, 1.807) is 34.6 Å². The van der Waals surface area contributed by atoms with Crippen molar-refractivity contribution in [3.63, 3.8) is 0 Å². The predicted octanol–water partition coefficient (Wildman–Crippen LogP) is 11.1. The molecule has 8 unspecified atom stereocenters. The summed E-state index contributed by atoms with van der Waals surface area (Å²) < 4.78 is 41.7. The Morgan fingerprint density at radius 3 is 1.45 bits per heavy atom. The van der Waals surface area contributed by atoms with Crippen molar-refractivity contribution in [2.75, 3.05) is 13.2 Å². The van der Waals surface area contributed by atoms with Gasteiger partial charge in [-0.25, -0.2) is 33.6 Å². The molecule has 3 saturated heterocycles. The molecule has 87 heavy (non-hydrogen) atoms. The third-order valence-electron chi connectivity index (χ3n) is 18.6. The molecule has 10 bridgehead atoms. The number of fused-ring (bicyclic) bond motifs is 1. The molecule has 0 aromatic rings. The molecule has 10 aliphatic carbocycles. The van der Waals surface area contributed by atoms with E-state index in [1.165, 1.54) is 32.6 Å². The average Bonchev–Trinajstić information content (AvgIpc) is 1.67. The Kier molecular flexibility index (Phi) is 23.2. The Balaban J connectivity index is 0.000000168. The number of unbranched alkanes of at least 4 members (excludes halogenated alkanes) is 1. The molecular formula is C69H101NO17. The number of carbonyl (C=O) groups is 8. The number of ether oxygens (including phenoxy) is 8. The van der Waals surface area contributed by atoms with Gasteiger partial charge in [0.1, 0.15) is 29.5 Å². The minimum atomic E-state index is -0.728. The van der Waals surface area contributed by atoms with Gasteiger partial charge in [-0.15, -0.1) is 0 Å². The van der Waals surface area contributed by atoms with Gasteiger partial charge in [0.2, 0.25) is 6.10 Å². The Morgan fingerprint density at radius 1 is 0.552 bits per heavy atom. The Morgan fingerprint density at radius 2 is 1.00 bits per heavy atom. The first-order valence-electron chi connectivity index (χ1n) is 31.5. The molecule has 13 aliphatic rings. The Bertz CT molecular complexity index is 2630. The largest absolute Gasteiger partial charge is 0.463 e. The molecule has 484 valence electrons. The topological polar surface area (TPSA) is 243 Å². The fourth-order valence-electron chi connectivity index (χ4n) is 16.1. The molecule has 13 fully saturated rings. The zero-order valence-electron chi connectivity index (χ0n) is 54.0. The Hall–Kier alpha value is -5.88. The minimum absolute atomic E-state index is 0.00176. The van der Waals surface area contributed by atoms with Crippen molar-refractivity contribution in [3.8, 4) is 0 Å². The summed E-state index contributed by atoms with van der Waals surface area (Å²) in [5.74, 6) is 1.66. The van der Waals surface area contributed by atoms with E-state index in [2.05, 4.69) is 84.1 Å². The second kappa shape index (κ2) is 28.7. The van der Waals surface area contributed by atoms with Crippen molar-refractivity contribution in [2.45, 2.75) is 250 Å². The number of aliphatic hydroxyl groups is 1. The molecule has 18 heteroatoms. The molecule has 8 atom stereocenters. The fraction of sp³-hybridized carbons (Fsp3) is 0.710. The summed E-state index contributed by atoms with van der Waals surface area (Å²) in [5, 5.41) is 14.1. The van der Waals surface area contributed by atoms with E-state index in [9.17, 15) is 43.5 Å². The van der Waals surface area contributed by atoms with Crippen LogP contribution >= 0.6 is 0 Å². The summed E-state index contributed by atoms with van der Waals surface area (Å²) in [6.45, 7) is 42.7. The smallest absolute Gasteiger partial charge is 0.347 e. The van der Waals surface area contributed by atoms with E-state index in [4.69, 9.17) is 33.2 Å². The molecule has 13 rings (SSSR count). The molecule has 0 amide bonds. The number of nitrogens with one attached hydrogen (secondary N) is 1. The number of carbonyl (C=O) groups excluding carboxylic acids is 8. The second-order valence-electron chi connectivity index (χ2n) is 28.9. The van der Waals surface area contributed by atoms with Crippen LogP contribution in [0.1, 0.15) is 198 Å². The molecule has 0 radical (unpaired) electrons. The zero-order chi connectivity index (χ0) is 64.7. The molecule has 2 N–H and O–H groups in total. The highest BCUT2D eigenvalue weighted by atomic mass is 16.6. The third kappa shape index (κ3) is 19.1. The normalized spacial score (nSPS) is 33.7. The summed E-state index contributed by atoms with van der Waals surface area (Å²) in [6.07, 6.45) is 17.7. The fourth-order valence-corrected chi connectivity index (χ4v) is 16.1. The Labute approximate surface area is 516 Å². The summed E-state index contributed by atoms with van der Waals surface area (Å²) in [4.78, 5) is 90.3. The van der Waals surface area contributed by atoms with Crippen LogP contribution < -0.4 is 5.32 Å². The van der Waals surface area contributed by atoms with Gasteiger partial charge in [0.25, 0.3) is 0 Å². The lowest BCUT2D eigenvalue weighted by Crippen LogP contribution is -2.60. The quantitative estimate of drug-likeness (QED) is 0.0711. The van der Waals surface area contributed by atoms with Gasteiger partial charge in [0.15, 0.2) is 0 Å². The van der Waals surface area contributed by atoms with Crippen molar-refractivity contribution in [3.05, 3.63) is 72.9 Å². The number of piperidine rings is 1. The van der Waals surface area contributed by atoms with Crippen molar-refractivity contribution in [2.24, 2.45) is 47.3 Å². The summed E-state index contributed by atoms with van der Waals surface area (Å²) >= 11 is 0. The van der Waals surface area contributed by atoms with Crippen molar-refractivity contribution >= 4 is 47.8 Å². The highest BCUT2D eigenvalue weighted by Crippen LogP contribution is 2.60. The van der Waals surface area contributed by atoms with Gasteiger partial charge in [-0.3, -0.25) is 4.79 Å². The molecule has 10 saturated carbocycles. The maximum Gasteiger partial charge on any atom is 0.347 e. The van der Waals surface area contributed by atoms with Crippen molar-refractivity contribution in [1.29, 1.82) is 0 Å². The molecule has 18 nitrogen and oxygen atoms in total. The number of hydrogen-bond donors (Lipinski definition) is 2. The lowest BCUT2D eigenvalue weighted by Gasteiger charge is -2.59. The van der Waals surface area contributed by atoms with Gasteiger partial charge in [-0.05, 0) is 189 Å². The number of cyclic esters (lactones) is 1. The van der Waals surface area contributed by atoms with Crippen LogP contribution in [0.3, 0.4) is 0 Å². The highest BCUT2D eigenvalue weighted by Gasteiger charge is 2.63. The minimum Gasteiger partial charge on any atom is -0.463 e. The van der Waals surface area contributed by atoms with Crippen LogP contribution in [0.15, 0.2) is 72.9 Å². The van der Waals surface area contributed by atoms with Crippen molar-refractivity contribution in [1.82, 2.24) is 5.32 Å². The highest BCUT2D eigenvalue weighted by molar-refractivity contribution is 5.90. The van der Waals surface area contributed by atoms with Gasteiger partial charge in [0.05, 0.1) is 24.7 Å². The summed E-state index contributed by atoms with van der Waals surface area (Å²) in [6, 6.07) is 0. The summed E-state index contributed by atoms with van der Waals surface area (Å²) in [5.41, 5.74) is 1.54. The van der Waals surface area contributed by atoms with Crippen LogP contribution in [-0.4, -0.2) is 118 Å². The van der Waals surface area contributed by atoms with E-state index in [-0.39, 0.29) is 88.2 Å². The first-order valence-corrected chi connectivity index (χ1v) is 31.5. The number of rotatable bonds is 14. The van der Waals surface area contributed by atoms with Crippen LogP contribution in [0, 0.1) is 47.3 Å². The first kappa shape index (κ1) is 70.2. The van der Waals surface area contributed by atoms with Gasteiger partial charge in [-0.1, -0.05) is 52.8 Å². The van der Waals surface area contributed by atoms with Crippen LogP contribution in [0.2, 0.25) is 0 Å². The molecule has 0 spiro atoms. The number of hydrogen-bond acceptors (Lipinski definition) is 18. The predicted molar refractivity (Wildman–Crippen MR) is 326 cm³/mol. The lowest BCUT2D eigenvalue weighted by atomic mass is 9.52. The SMILES string of the molecule is C=C(C)C(=O)OC12CC3CC(CC(C3)C1)C2.C=C(C)C(=O)OC12CC3CC(CC(O)(C3)C1)C2.C=C(C)C(=O)OC1C2CC3C(=O)OC1C3C2.C=C(C)C(=O)OC1CC(C)(C)NC(C)(C)C1.C=C(C)C(=O)OC1CCOC1=O.C=C(C)C(=O)OCCCC. The number of esters is 8. The summed E-state index contributed by atoms with van der Waals surface area (Å²) in [7, 11) is 0. The third-order valence-corrected chi connectivity index (χ3v) is 18.6. The molecular weight excluding hydrogens is 1110 g/mol. The zero-order valence-corrected chi connectivity index (χ0v) is 54.0.